The monoisotopic (exact) mass is 335 g/mol. The second-order valence-electron chi connectivity index (χ2n) is 4.97. The summed E-state index contributed by atoms with van der Waals surface area (Å²) < 4.78 is 13.0. The van der Waals surface area contributed by atoms with E-state index in [-0.39, 0.29) is 0 Å². The Balaban J connectivity index is 1.54. The maximum absolute atomic E-state index is 5.73. The van der Waals surface area contributed by atoms with Crippen LogP contribution >= 0.6 is 11.8 Å². The Kier molecular flexibility index (Phi) is 2.89. The second-order valence-corrected chi connectivity index (χ2v) is 5.89. The Labute approximate surface area is 139 Å². The number of aromatic nitrogens is 5. The van der Waals surface area contributed by atoms with E-state index >= 15 is 0 Å². The maximum Gasteiger partial charge on any atom is 0.326 e. The van der Waals surface area contributed by atoms with Gasteiger partial charge < -0.3 is 8.83 Å². The molecule has 24 heavy (non-hydrogen) atoms. The smallest absolute Gasteiger partial charge is 0.326 e. The van der Waals surface area contributed by atoms with Crippen molar-refractivity contribution in [2.45, 2.75) is 10.4 Å². The van der Waals surface area contributed by atoms with Gasteiger partial charge in [0.1, 0.15) is 17.4 Å². The van der Waals surface area contributed by atoms with Crippen LogP contribution in [0.3, 0.4) is 0 Å². The third-order valence-electron chi connectivity index (χ3n) is 3.43. The molecule has 0 amide bonds. The van der Waals surface area contributed by atoms with E-state index in [0.29, 0.717) is 22.0 Å². The molecule has 8 heteroatoms. The molecular weight excluding hydrogens is 326 g/mol. The van der Waals surface area contributed by atoms with Crippen molar-refractivity contribution in [2.24, 2.45) is 0 Å². The van der Waals surface area contributed by atoms with Crippen LogP contribution in [0.1, 0.15) is 0 Å². The highest BCUT2D eigenvalue weighted by Crippen LogP contribution is 2.30. The largest absolute Gasteiger partial charge is 0.431 e. The van der Waals surface area contributed by atoms with Gasteiger partial charge in [0.15, 0.2) is 11.2 Å². The molecule has 0 spiro atoms. The minimum absolute atomic E-state index is 0.354. The van der Waals surface area contributed by atoms with Crippen LogP contribution in [-0.2, 0) is 0 Å². The van der Waals surface area contributed by atoms with Crippen LogP contribution in [0.4, 0.5) is 0 Å². The normalized spacial score (nSPS) is 11.5. The van der Waals surface area contributed by atoms with E-state index in [9.17, 15) is 0 Å². The van der Waals surface area contributed by atoms with Gasteiger partial charge in [-0.25, -0.2) is 9.97 Å². The second kappa shape index (κ2) is 5.20. The molecule has 0 saturated carbocycles. The number of hydrogen-bond acceptors (Lipinski definition) is 7. The van der Waals surface area contributed by atoms with Crippen molar-refractivity contribution >= 4 is 34.0 Å². The highest BCUT2D eigenvalue weighted by molar-refractivity contribution is 7.99. The molecule has 5 aromatic rings. The van der Waals surface area contributed by atoms with Gasteiger partial charge >= 0.3 is 6.01 Å². The van der Waals surface area contributed by atoms with Crippen molar-refractivity contribution in [3.05, 3.63) is 54.9 Å². The van der Waals surface area contributed by atoms with Crippen molar-refractivity contribution in [1.29, 1.82) is 0 Å². The van der Waals surface area contributed by atoms with Crippen molar-refractivity contribution in [3.8, 4) is 6.01 Å². The van der Waals surface area contributed by atoms with E-state index < -0.39 is 0 Å². The molecular formula is C16H9N5O2S. The lowest BCUT2D eigenvalue weighted by Gasteiger charge is -1.97. The molecule has 116 valence electrons. The maximum atomic E-state index is 5.73. The molecule has 3 aromatic heterocycles. The molecule has 0 fully saturated rings. The number of nitrogens with zero attached hydrogens (tertiary/aromatic N) is 5. The molecule has 3 heterocycles. The van der Waals surface area contributed by atoms with Crippen molar-refractivity contribution in [2.75, 3.05) is 0 Å². The minimum Gasteiger partial charge on any atom is -0.431 e. The molecule has 0 bridgehead atoms. The molecule has 0 radical (unpaired) electrons. The number of fused-ring (bicyclic) bond motifs is 2. The van der Waals surface area contributed by atoms with Gasteiger partial charge in [0.25, 0.3) is 5.22 Å². The first-order chi connectivity index (χ1) is 11.9. The Morgan fingerprint density at radius 3 is 2.29 bits per heavy atom. The summed E-state index contributed by atoms with van der Waals surface area (Å²) in [5.74, 6) is 0. The van der Waals surface area contributed by atoms with Gasteiger partial charge in [-0.1, -0.05) is 24.3 Å². The minimum atomic E-state index is 0.354. The summed E-state index contributed by atoms with van der Waals surface area (Å²) >= 11 is 1.26. The molecule has 5 rings (SSSR count). The van der Waals surface area contributed by atoms with Crippen molar-refractivity contribution in [1.82, 2.24) is 24.7 Å². The molecule has 0 N–H and O–H groups in total. The lowest BCUT2D eigenvalue weighted by atomic mass is 10.3. The lowest BCUT2D eigenvalue weighted by Crippen LogP contribution is -1.98. The van der Waals surface area contributed by atoms with Crippen LogP contribution in [-0.4, -0.2) is 24.7 Å². The summed E-state index contributed by atoms with van der Waals surface area (Å²) in [6, 6.07) is 15.5. The zero-order chi connectivity index (χ0) is 15.9. The van der Waals surface area contributed by atoms with E-state index in [4.69, 9.17) is 8.83 Å². The van der Waals surface area contributed by atoms with Gasteiger partial charge in [-0.2, -0.15) is 9.67 Å². The Morgan fingerprint density at radius 1 is 0.833 bits per heavy atom. The van der Waals surface area contributed by atoms with Crippen LogP contribution in [0.2, 0.25) is 0 Å². The molecule has 0 atom stereocenters. The molecule has 0 aliphatic rings. The number of hydrogen-bond donors (Lipinski definition) is 0. The third-order valence-corrected chi connectivity index (χ3v) is 4.24. The standard InChI is InChI=1S/C16H9N5O2S/c1-3-7-12-10(5-1)19-14(22-12)21-15(17-9-18-21)24-16-20-11-6-2-4-8-13(11)23-16/h1-9H. The van der Waals surface area contributed by atoms with Crippen LogP contribution in [0.25, 0.3) is 28.2 Å². The fourth-order valence-electron chi connectivity index (χ4n) is 2.36. The number of para-hydroxylation sites is 4. The highest BCUT2D eigenvalue weighted by Gasteiger charge is 2.17. The fourth-order valence-corrected chi connectivity index (χ4v) is 3.10. The predicted molar refractivity (Wildman–Crippen MR) is 87.1 cm³/mol. The zero-order valence-corrected chi connectivity index (χ0v) is 13.0. The number of oxazole rings is 2. The molecule has 7 nitrogen and oxygen atoms in total. The molecule has 0 unspecified atom stereocenters. The quantitative estimate of drug-likeness (QED) is 0.497. The number of benzene rings is 2. The van der Waals surface area contributed by atoms with E-state index in [0.717, 1.165) is 16.6 Å². The first-order valence-electron chi connectivity index (χ1n) is 7.16. The summed E-state index contributed by atoms with van der Waals surface area (Å²) in [6.07, 6.45) is 1.44. The highest BCUT2D eigenvalue weighted by atomic mass is 32.2. The van der Waals surface area contributed by atoms with Crippen molar-refractivity contribution in [3.63, 3.8) is 0 Å². The van der Waals surface area contributed by atoms with Gasteiger partial charge in [0.05, 0.1) is 0 Å². The van der Waals surface area contributed by atoms with E-state index in [1.54, 1.807) is 0 Å². The molecule has 0 aliphatic heterocycles. The SMILES string of the molecule is c1ccc2oc(Sc3ncnn3-c3nc4ccccc4o3)nc2c1. The third kappa shape index (κ3) is 2.16. The van der Waals surface area contributed by atoms with E-state index in [2.05, 4.69) is 20.1 Å². The van der Waals surface area contributed by atoms with E-state index in [1.165, 1.54) is 22.8 Å². The summed E-state index contributed by atoms with van der Waals surface area (Å²) in [7, 11) is 0. The molecule has 2 aromatic carbocycles. The average molecular weight is 335 g/mol. The Morgan fingerprint density at radius 2 is 1.54 bits per heavy atom. The van der Waals surface area contributed by atoms with E-state index in [1.807, 2.05) is 48.5 Å². The van der Waals surface area contributed by atoms with Crippen molar-refractivity contribution < 1.29 is 8.83 Å². The number of rotatable bonds is 3. The first kappa shape index (κ1) is 13.3. The average Bonchev–Trinajstić information content (AvgIpc) is 3.31. The molecule has 0 aliphatic carbocycles. The van der Waals surface area contributed by atoms with Crippen LogP contribution in [0, 0.1) is 0 Å². The summed E-state index contributed by atoms with van der Waals surface area (Å²) in [5, 5.41) is 5.24. The summed E-state index contributed by atoms with van der Waals surface area (Å²) in [4.78, 5) is 13.1. The van der Waals surface area contributed by atoms with Gasteiger partial charge in [-0.15, -0.1) is 5.10 Å². The van der Waals surface area contributed by atoms with Gasteiger partial charge in [0, 0.05) is 11.8 Å². The van der Waals surface area contributed by atoms with Crippen LogP contribution in [0.5, 0.6) is 0 Å². The first-order valence-corrected chi connectivity index (χ1v) is 7.98. The predicted octanol–water partition coefficient (Wildman–Crippen LogP) is 3.70. The lowest BCUT2D eigenvalue weighted by molar-refractivity contribution is 0.486. The Hall–Kier alpha value is -3.13. The van der Waals surface area contributed by atoms with Gasteiger partial charge in [-0.05, 0) is 24.3 Å². The summed E-state index contributed by atoms with van der Waals surface area (Å²) in [6.45, 7) is 0. The van der Waals surface area contributed by atoms with Crippen LogP contribution in [0.15, 0.2) is 74.1 Å². The summed E-state index contributed by atoms with van der Waals surface area (Å²) in [5.41, 5.74) is 2.99. The van der Waals surface area contributed by atoms with Gasteiger partial charge in [0.2, 0.25) is 5.16 Å². The topological polar surface area (TPSA) is 82.8 Å². The molecule has 0 saturated heterocycles. The van der Waals surface area contributed by atoms with Crippen LogP contribution < -0.4 is 0 Å². The van der Waals surface area contributed by atoms with Gasteiger partial charge in [-0.3, -0.25) is 0 Å². The zero-order valence-electron chi connectivity index (χ0n) is 12.2. The Bertz CT molecular complexity index is 1090. The fraction of sp³-hybridized carbons (Fsp3) is 0.